The highest BCUT2D eigenvalue weighted by atomic mass is 15.2. The van der Waals surface area contributed by atoms with Crippen molar-refractivity contribution in [3.63, 3.8) is 0 Å². The second kappa shape index (κ2) is 10.9. The summed E-state index contributed by atoms with van der Waals surface area (Å²) in [5.41, 5.74) is 1.39. The number of piperidine rings is 1. The maximum absolute atomic E-state index is 4.41. The maximum atomic E-state index is 4.41. The molecular weight excluding hydrogens is 348 g/mol. The lowest BCUT2D eigenvalue weighted by Crippen LogP contribution is -2.51. The van der Waals surface area contributed by atoms with Gasteiger partial charge < -0.3 is 15.2 Å². The van der Waals surface area contributed by atoms with Gasteiger partial charge in [0.05, 0.1) is 0 Å². The molecule has 0 amide bonds. The van der Waals surface area contributed by atoms with E-state index in [1.165, 1.54) is 24.9 Å². The standard InChI is InChI=1S/C22H34N6/c1-19-24-13-16-28(19)15-7-6-12-25-22(23-2)26-21-11-8-14-27(18-21)17-20-9-4-3-5-10-20/h3-5,9-10,13,16,21H,6-8,11-12,14-15,17-18H2,1-2H3,(H2,23,25,26). The van der Waals surface area contributed by atoms with Crippen LogP contribution in [0.25, 0.3) is 0 Å². The van der Waals surface area contributed by atoms with Crippen LogP contribution in [-0.4, -0.2) is 53.1 Å². The third-order valence-corrected chi connectivity index (χ3v) is 5.36. The molecule has 1 saturated heterocycles. The number of aliphatic imine (C=N–C) groups is 1. The third-order valence-electron chi connectivity index (χ3n) is 5.36. The highest BCUT2D eigenvalue weighted by Crippen LogP contribution is 2.13. The number of hydrogen-bond acceptors (Lipinski definition) is 3. The van der Waals surface area contributed by atoms with Gasteiger partial charge in [-0.2, -0.15) is 0 Å². The molecule has 2 aromatic rings. The van der Waals surface area contributed by atoms with Gasteiger partial charge in [-0.05, 0) is 44.7 Å². The molecule has 0 bridgehead atoms. The molecule has 0 aliphatic carbocycles. The number of hydrogen-bond donors (Lipinski definition) is 2. The summed E-state index contributed by atoms with van der Waals surface area (Å²) >= 11 is 0. The molecule has 1 unspecified atom stereocenters. The zero-order chi connectivity index (χ0) is 19.6. The van der Waals surface area contributed by atoms with E-state index >= 15 is 0 Å². The van der Waals surface area contributed by atoms with E-state index in [0.29, 0.717) is 6.04 Å². The van der Waals surface area contributed by atoms with Crippen molar-refractivity contribution < 1.29 is 0 Å². The molecule has 28 heavy (non-hydrogen) atoms. The lowest BCUT2D eigenvalue weighted by atomic mass is 10.0. The average Bonchev–Trinajstić information content (AvgIpc) is 3.12. The van der Waals surface area contributed by atoms with Crippen molar-refractivity contribution in [3.8, 4) is 0 Å². The number of aryl methyl sites for hydroxylation is 2. The molecule has 0 radical (unpaired) electrons. The van der Waals surface area contributed by atoms with Gasteiger partial charge in [0.2, 0.25) is 0 Å². The molecule has 6 heteroatoms. The predicted octanol–water partition coefficient (Wildman–Crippen LogP) is 2.80. The van der Waals surface area contributed by atoms with Crippen molar-refractivity contribution in [2.45, 2.75) is 51.7 Å². The number of aromatic nitrogens is 2. The monoisotopic (exact) mass is 382 g/mol. The van der Waals surface area contributed by atoms with Crippen LogP contribution in [0.15, 0.2) is 47.7 Å². The van der Waals surface area contributed by atoms with Crippen molar-refractivity contribution in [1.29, 1.82) is 0 Å². The van der Waals surface area contributed by atoms with Gasteiger partial charge in [0.15, 0.2) is 5.96 Å². The molecule has 2 N–H and O–H groups in total. The molecule has 0 saturated carbocycles. The lowest BCUT2D eigenvalue weighted by molar-refractivity contribution is 0.192. The van der Waals surface area contributed by atoms with Crippen molar-refractivity contribution >= 4 is 5.96 Å². The number of nitrogens with zero attached hydrogens (tertiary/aromatic N) is 4. The van der Waals surface area contributed by atoms with Gasteiger partial charge in [0.25, 0.3) is 0 Å². The number of nitrogens with one attached hydrogen (secondary N) is 2. The van der Waals surface area contributed by atoms with Crippen molar-refractivity contribution in [3.05, 3.63) is 54.1 Å². The normalized spacial score (nSPS) is 18.2. The Morgan fingerprint density at radius 3 is 2.86 bits per heavy atom. The van der Waals surface area contributed by atoms with Crippen molar-refractivity contribution in [2.24, 2.45) is 4.99 Å². The smallest absolute Gasteiger partial charge is 0.191 e. The minimum Gasteiger partial charge on any atom is -0.356 e. The molecule has 1 fully saturated rings. The maximum Gasteiger partial charge on any atom is 0.191 e. The largest absolute Gasteiger partial charge is 0.356 e. The second-order valence-corrected chi connectivity index (χ2v) is 7.58. The first-order valence-electron chi connectivity index (χ1n) is 10.5. The molecular formula is C22H34N6. The van der Waals surface area contributed by atoms with Gasteiger partial charge in [0, 0.05) is 51.7 Å². The summed E-state index contributed by atoms with van der Waals surface area (Å²) in [6, 6.07) is 11.2. The average molecular weight is 383 g/mol. The van der Waals surface area contributed by atoms with E-state index < -0.39 is 0 Å². The van der Waals surface area contributed by atoms with Crippen LogP contribution in [0, 0.1) is 6.92 Å². The zero-order valence-corrected chi connectivity index (χ0v) is 17.3. The zero-order valence-electron chi connectivity index (χ0n) is 17.3. The van der Waals surface area contributed by atoms with Gasteiger partial charge in [-0.15, -0.1) is 0 Å². The number of rotatable bonds is 8. The summed E-state index contributed by atoms with van der Waals surface area (Å²) in [5, 5.41) is 7.09. The van der Waals surface area contributed by atoms with E-state index in [4.69, 9.17) is 0 Å². The van der Waals surface area contributed by atoms with Crippen LogP contribution in [0.4, 0.5) is 0 Å². The Morgan fingerprint density at radius 1 is 1.25 bits per heavy atom. The number of unbranched alkanes of at least 4 members (excludes halogenated alkanes) is 1. The third kappa shape index (κ3) is 6.37. The molecule has 1 aliphatic heterocycles. The second-order valence-electron chi connectivity index (χ2n) is 7.58. The fourth-order valence-electron chi connectivity index (χ4n) is 3.80. The van der Waals surface area contributed by atoms with E-state index in [2.05, 4.69) is 67.3 Å². The Kier molecular flexibility index (Phi) is 7.91. The first-order chi connectivity index (χ1) is 13.7. The van der Waals surface area contributed by atoms with Crippen molar-refractivity contribution in [2.75, 3.05) is 26.7 Å². The SMILES string of the molecule is CN=C(NCCCCn1ccnc1C)NC1CCCN(Cc2ccccc2)C1. The number of likely N-dealkylation sites (tertiary alicyclic amines) is 1. The van der Waals surface area contributed by atoms with Gasteiger partial charge in [-0.3, -0.25) is 9.89 Å². The highest BCUT2D eigenvalue weighted by molar-refractivity contribution is 5.79. The van der Waals surface area contributed by atoms with Crippen LogP contribution in [0.3, 0.4) is 0 Å². The van der Waals surface area contributed by atoms with Gasteiger partial charge in [0.1, 0.15) is 5.82 Å². The van der Waals surface area contributed by atoms with Gasteiger partial charge in [-0.1, -0.05) is 30.3 Å². The van der Waals surface area contributed by atoms with Crippen LogP contribution in [0.2, 0.25) is 0 Å². The van der Waals surface area contributed by atoms with Crippen LogP contribution >= 0.6 is 0 Å². The fourth-order valence-corrected chi connectivity index (χ4v) is 3.80. The van der Waals surface area contributed by atoms with Crippen LogP contribution in [0.1, 0.15) is 37.1 Å². The highest BCUT2D eigenvalue weighted by Gasteiger charge is 2.20. The topological polar surface area (TPSA) is 57.5 Å². The Hall–Kier alpha value is -2.34. The summed E-state index contributed by atoms with van der Waals surface area (Å²) < 4.78 is 2.20. The number of guanidine groups is 1. The molecule has 1 atom stereocenters. The summed E-state index contributed by atoms with van der Waals surface area (Å²) in [6.07, 6.45) is 8.59. The predicted molar refractivity (Wildman–Crippen MR) is 115 cm³/mol. The Bertz CT molecular complexity index is 724. The quantitative estimate of drug-likeness (QED) is 0.419. The number of imidazole rings is 1. The van der Waals surface area contributed by atoms with E-state index in [9.17, 15) is 0 Å². The number of benzene rings is 1. The van der Waals surface area contributed by atoms with E-state index in [0.717, 1.165) is 50.8 Å². The summed E-state index contributed by atoms with van der Waals surface area (Å²) in [7, 11) is 1.86. The lowest BCUT2D eigenvalue weighted by Gasteiger charge is -2.34. The van der Waals surface area contributed by atoms with Gasteiger partial charge >= 0.3 is 0 Å². The molecule has 1 aliphatic rings. The molecule has 6 nitrogen and oxygen atoms in total. The molecule has 2 heterocycles. The van der Waals surface area contributed by atoms with Crippen LogP contribution in [0.5, 0.6) is 0 Å². The molecule has 3 rings (SSSR count). The minimum atomic E-state index is 0.456. The van der Waals surface area contributed by atoms with E-state index in [1.54, 1.807) is 0 Å². The summed E-state index contributed by atoms with van der Waals surface area (Å²) in [4.78, 5) is 11.2. The van der Waals surface area contributed by atoms with Crippen LogP contribution in [-0.2, 0) is 13.1 Å². The Labute approximate surface area is 169 Å². The summed E-state index contributed by atoms with van der Waals surface area (Å²) in [6.45, 7) is 7.28. The van der Waals surface area contributed by atoms with Crippen LogP contribution < -0.4 is 10.6 Å². The molecule has 1 aromatic carbocycles. The summed E-state index contributed by atoms with van der Waals surface area (Å²) in [5.74, 6) is 2.01. The molecule has 152 valence electrons. The van der Waals surface area contributed by atoms with Gasteiger partial charge in [-0.25, -0.2) is 4.98 Å². The Morgan fingerprint density at radius 2 is 2.11 bits per heavy atom. The molecule has 0 spiro atoms. The first kappa shape index (κ1) is 20.4. The molecule has 1 aromatic heterocycles. The van der Waals surface area contributed by atoms with E-state index in [-0.39, 0.29) is 0 Å². The van der Waals surface area contributed by atoms with Crippen molar-refractivity contribution in [1.82, 2.24) is 25.1 Å². The Balaban J connectivity index is 1.36. The first-order valence-corrected chi connectivity index (χ1v) is 10.5. The fraction of sp³-hybridized carbons (Fsp3) is 0.545. The van der Waals surface area contributed by atoms with E-state index in [1.807, 2.05) is 19.4 Å². The minimum absolute atomic E-state index is 0.456.